The molecule has 0 amide bonds. The summed E-state index contributed by atoms with van der Waals surface area (Å²) >= 11 is 3.67. The van der Waals surface area contributed by atoms with Crippen molar-refractivity contribution in [2.45, 2.75) is 25.8 Å². The summed E-state index contributed by atoms with van der Waals surface area (Å²) in [7, 11) is 0. The number of halogens is 1. The van der Waals surface area contributed by atoms with E-state index in [2.05, 4.69) is 96.5 Å². The predicted octanol–water partition coefficient (Wildman–Crippen LogP) is 6.48. The standard InChI is InChI=1S/C23H22BrN/c1-17(21-15-9-10-16-22(21)24)18(2)25-23(19-11-5-3-6-12-19)20-13-7-4-8-14-20/h3-18H,1-2H3/t17-,18-/m0/s1. The molecule has 0 bridgehead atoms. The third-order valence-electron chi connectivity index (χ3n) is 4.55. The van der Waals surface area contributed by atoms with E-state index in [1.165, 1.54) is 5.56 Å². The molecule has 0 aliphatic rings. The minimum absolute atomic E-state index is 0.161. The van der Waals surface area contributed by atoms with Gasteiger partial charge < -0.3 is 0 Å². The number of benzene rings is 3. The van der Waals surface area contributed by atoms with E-state index in [0.717, 1.165) is 21.3 Å². The molecule has 0 aliphatic carbocycles. The third-order valence-corrected chi connectivity index (χ3v) is 5.27. The van der Waals surface area contributed by atoms with Crippen LogP contribution in [0.1, 0.15) is 36.5 Å². The lowest BCUT2D eigenvalue weighted by atomic mass is 9.94. The fourth-order valence-corrected chi connectivity index (χ4v) is 3.57. The molecule has 0 N–H and O–H groups in total. The molecule has 3 aromatic carbocycles. The zero-order chi connectivity index (χ0) is 17.6. The highest BCUT2D eigenvalue weighted by Gasteiger charge is 2.17. The zero-order valence-electron chi connectivity index (χ0n) is 14.6. The highest BCUT2D eigenvalue weighted by atomic mass is 79.9. The Balaban J connectivity index is 2.00. The van der Waals surface area contributed by atoms with Crippen molar-refractivity contribution in [3.63, 3.8) is 0 Å². The van der Waals surface area contributed by atoms with Crippen molar-refractivity contribution in [2.24, 2.45) is 4.99 Å². The molecule has 0 saturated carbocycles. The summed E-state index contributed by atoms with van der Waals surface area (Å²) in [5.74, 6) is 0.318. The largest absolute Gasteiger partial charge is 0.280 e. The lowest BCUT2D eigenvalue weighted by Gasteiger charge is -2.20. The van der Waals surface area contributed by atoms with Crippen molar-refractivity contribution in [2.75, 3.05) is 0 Å². The van der Waals surface area contributed by atoms with Gasteiger partial charge >= 0.3 is 0 Å². The molecule has 0 aliphatic heterocycles. The van der Waals surface area contributed by atoms with Crippen LogP contribution in [0.4, 0.5) is 0 Å². The van der Waals surface area contributed by atoms with Crippen LogP contribution in [0.15, 0.2) is 94.4 Å². The third kappa shape index (κ3) is 4.26. The smallest absolute Gasteiger partial charge is 0.0722 e. The van der Waals surface area contributed by atoms with Gasteiger partial charge in [0, 0.05) is 21.5 Å². The molecule has 0 fully saturated rings. The Bertz CT molecular complexity index is 799. The first-order chi connectivity index (χ1) is 12.2. The highest BCUT2D eigenvalue weighted by molar-refractivity contribution is 9.10. The molecule has 25 heavy (non-hydrogen) atoms. The van der Waals surface area contributed by atoms with Gasteiger partial charge in [-0.1, -0.05) is 102 Å². The van der Waals surface area contributed by atoms with Gasteiger partial charge in [-0.25, -0.2) is 0 Å². The summed E-state index contributed by atoms with van der Waals surface area (Å²) in [6, 6.07) is 29.4. The maximum atomic E-state index is 5.13. The molecule has 1 nitrogen and oxygen atoms in total. The number of nitrogens with zero attached hydrogens (tertiary/aromatic N) is 1. The molecule has 3 aromatic rings. The van der Waals surface area contributed by atoms with Gasteiger partial charge in [0.2, 0.25) is 0 Å². The molecule has 0 saturated heterocycles. The van der Waals surface area contributed by atoms with Crippen LogP contribution in [0.25, 0.3) is 0 Å². The van der Waals surface area contributed by atoms with E-state index in [1.807, 2.05) is 18.2 Å². The van der Waals surface area contributed by atoms with Crippen molar-refractivity contribution in [1.82, 2.24) is 0 Å². The van der Waals surface area contributed by atoms with Crippen LogP contribution >= 0.6 is 15.9 Å². The topological polar surface area (TPSA) is 12.4 Å². The Morgan fingerprint density at radius 2 is 1.20 bits per heavy atom. The van der Waals surface area contributed by atoms with Gasteiger partial charge in [0.1, 0.15) is 0 Å². The molecule has 0 radical (unpaired) electrons. The minimum Gasteiger partial charge on any atom is -0.280 e. The van der Waals surface area contributed by atoms with Gasteiger partial charge in [-0.05, 0) is 18.6 Å². The molecule has 2 atom stereocenters. The molecule has 3 rings (SSSR count). The predicted molar refractivity (Wildman–Crippen MR) is 111 cm³/mol. The van der Waals surface area contributed by atoms with Crippen molar-refractivity contribution in [3.8, 4) is 0 Å². The number of hydrogen-bond acceptors (Lipinski definition) is 1. The number of hydrogen-bond donors (Lipinski definition) is 0. The van der Waals surface area contributed by atoms with E-state index < -0.39 is 0 Å². The van der Waals surface area contributed by atoms with Crippen molar-refractivity contribution in [1.29, 1.82) is 0 Å². The summed E-state index contributed by atoms with van der Waals surface area (Å²) in [6.45, 7) is 4.43. The van der Waals surface area contributed by atoms with Crippen LogP contribution in [-0.4, -0.2) is 11.8 Å². The van der Waals surface area contributed by atoms with Crippen molar-refractivity contribution < 1.29 is 0 Å². The zero-order valence-corrected chi connectivity index (χ0v) is 16.1. The lowest BCUT2D eigenvalue weighted by Crippen LogP contribution is -2.15. The van der Waals surface area contributed by atoms with Crippen LogP contribution in [-0.2, 0) is 0 Å². The molecular weight excluding hydrogens is 370 g/mol. The molecule has 0 spiro atoms. The van der Waals surface area contributed by atoms with Gasteiger partial charge in [0.15, 0.2) is 0 Å². The van der Waals surface area contributed by atoms with E-state index in [-0.39, 0.29) is 6.04 Å². The monoisotopic (exact) mass is 391 g/mol. The van der Waals surface area contributed by atoms with E-state index in [9.17, 15) is 0 Å². The van der Waals surface area contributed by atoms with Crippen molar-refractivity contribution in [3.05, 3.63) is 106 Å². The molecule has 0 aromatic heterocycles. The Hall–Kier alpha value is -2.19. The van der Waals surface area contributed by atoms with Gasteiger partial charge in [-0.2, -0.15) is 0 Å². The number of rotatable bonds is 5. The SMILES string of the molecule is C[C@H](N=C(c1ccccc1)c1ccccc1)[C@H](C)c1ccccc1Br. The van der Waals surface area contributed by atoms with Gasteiger partial charge in [-0.15, -0.1) is 0 Å². The Morgan fingerprint density at radius 1 is 0.720 bits per heavy atom. The van der Waals surface area contributed by atoms with Gasteiger partial charge in [-0.3, -0.25) is 4.99 Å². The first-order valence-corrected chi connectivity index (χ1v) is 9.39. The Morgan fingerprint density at radius 3 is 1.72 bits per heavy atom. The fourth-order valence-electron chi connectivity index (χ4n) is 2.93. The summed E-state index contributed by atoms with van der Waals surface area (Å²) in [5.41, 5.74) is 4.64. The summed E-state index contributed by atoms with van der Waals surface area (Å²) in [6.07, 6.45) is 0. The second-order valence-corrected chi connectivity index (χ2v) is 7.11. The molecule has 0 unspecified atom stereocenters. The van der Waals surface area contributed by atoms with E-state index in [0.29, 0.717) is 5.92 Å². The first kappa shape index (κ1) is 17.6. The maximum Gasteiger partial charge on any atom is 0.0722 e. The molecule has 2 heteroatoms. The normalized spacial score (nSPS) is 13.1. The van der Waals surface area contributed by atoms with E-state index >= 15 is 0 Å². The van der Waals surface area contributed by atoms with Gasteiger partial charge in [0.25, 0.3) is 0 Å². The Labute approximate surface area is 158 Å². The molecule has 126 valence electrons. The summed E-state index contributed by atoms with van der Waals surface area (Å²) in [4.78, 5) is 5.13. The Kier molecular flexibility index (Phi) is 5.83. The van der Waals surface area contributed by atoms with Crippen LogP contribution in [0.3, 0.4) is 0 Å². The average molecular weight is 392 g/mol. The van der Waals surface area contributed by atoms with Crippen LogP contribution < -0.4 is 0 Å². The van der Waals surface area contributed by atoms with E-state index in [1.54, 1.807) is 0 Å². The van der Waals surface area contributed by atoms with Crippen LogP contribution in [0.5, 0.6) is 0 Å². The second-order valence-electron chi connectivity index (χ2n) is 6.26. The van der Waals surface area contributed by atoms with Crippen molar-refractivity contribution >= 4 is 21.6 Å². The van der Waals surface area contributed by atoms with E-state index in [4.69, 9.17) is 4.99 Å². The van der Waals surface area contributed by atoms with Crippen LogP contribution in [0.2, 0.25) is 0 Å². The molecule has 0 heterocycles. The first-order valence-electron chi connectivity index (χ1n) is 8.60. The van der Waals surface area contributed by atoms with Crippen LogP contribution in [0, 0.1) is 0 Å². The number of aliphatic imine (C=N–C) groups is 1. The average Bonchev–Trinajstić information content (AvgIpc) is 2.67. The summed E-state index contributed by atoms with van der Waals surface area (Å²) in [5, 5.41) is 0. The highest BCUT2D eigenvalue weighted by Crippen LogP contribution is 2.29. The summed E-state index contributed by atoms with van der Waals surface area (Å²) < 4.78 is 1.14. The van der Waals surface area contributed by atoms with Gasteiger partial charge in [0.05, 0.1) is 11.8 Å². The maximum absolute atomic E-state index is 5.13. The quantitative estimate of drug-likeness (QED) is 0.441. The minimum atomic E-state index is 0.161. The lowest BCUT2D eigenvalue weighted by molar-refractivity contribution is 0.614. The second kappa shape index (κ2) is 8.26. The molecular formula is C23H22BrN. The fraction of sp³-hybridized carbons (Fsp3) is 0.174.